The zero-order valence-electron chi connectivity index (χ0n) is 17.8. The largest absolute Gasteiger partial charge is 0.347 e. The van der Waals surface area contributed by atoms with Gasteiger partial charge in [0.15, 0.2) is 0 Å². The summed E-state index contributed by atoms with van der Waals surface area (Å²) in [7, 11) is 1.75. The molecule has 4 aromatic rings. The van der Waals surface area contributed by atoms with Gasteiger partial charge in [0.25, 0.3) is 0 Å². The van der Waals surface area contributed by atoms with Crippen molar-refractivity contribution >= 4 is 11.7 Å². The van der Waals surface area contributed by atoms with Crippen LogP contribution in [0, 0.1) is 0 Å². The third-order valence-corrected chi connectivity index (χ3v) is 5.27. The van der Waals surface area contributed by atoms with E-state index in [1.165, 1.54) is 17.1 Å². The summed E-state index contributed by atoms with van der Waals surface area (Å²) in [6, 6.07) is 16.6. The molecule has 0 spiro atoms. The van der Waals surface area contributed by atoms with E-state index in [0.29, 0.717) is 12.2 Å². The minimum atomic E-state index is -0.315. The van der Waals surface area contributed by atoms with E-state index in [-0.39, 0.29) is 17.8 Å². The van der Waals surface area contributed by atoms with Gasteiger partial charge in [-0.15, -0.1) is 0 Å². The van der Waals surface area contributed by atoms with Crippen molar-refractivity contribution in [3.63, 3.8) is 0 Å². The lowest BCUT2D eigenvalue weighted by molar-refractivity contribution is 0.208. The predicted octanol–water partition coefficient (Wildman–Crippen LogP) is 3.10. The van der Waals surface area contributed by atoms with E-state index in [2.05, 4.69) is 20.4 Å². The van der Waals surface area contributed by atoms with E-state index in [4.69, 9.17) is 0 Å². The lowest BCUT2D eigenvalue weighted by atomic mass is 10.1. The average Bonchev–Trinajstić information content (AvgIpc) is 3.35. The minimum absolute atomic E-state index is 0.142. The van der Waals surface area contributed by atoms with Gasteiger partial charge >= 0.3 is 11.7 Å². The Morgan fingerprint density at radius 2 is 1.97 bits per heavy atom. The van der Waals surface area contributed by atoms with Gasteiger partial charge in [0.2, 0.25) is 0 Å². The van der Waals surface area contributed by atoms with Gasteiger partial charge in [-0.1, -0.05) is 24.3 Å². The molecule has 0 saturated carbocycles. The number of hydrogen-bond donors (Lipinski definition) is 1. The second-order valence-electron chi connectivity index (χ2n) is 7.38. The molecule has 9 nitrogen and oxygen atoms in total. The Morgan fingerprint density at radius 1 is 1.16 bits per heavy atom. The summed E-state index contributed by atoms with van der Waals surface area (Å²) in [5, 5.41) is 7.05. The minimum Gasteiger partial charge on any atom is -0.321 e. The van der Waals surface area contributed by atoms with Crippen LogP contribution in [0.4, 0.5) is 10.5 Å². The summed E-state index contributed by atoms with van der Waals surface area (Å²) in [4.78, 5) is 34.0. The summed E-state index contributed by atoms with van der Waals surface area (Å²) in [6.07, 6.45) is 6.27. The number of carbonyl (C=O) groups excluding carboxylic acids is 1. The molecule has 2 amide bonds. The van der Waals surface area contributed by atoms with E-state index in [1.807, 2.05) is 55.5 Å². The van der Waals surface area contributed by atoms with Crippen molar-refractivity contribution in [1.82, 2.24) is 29.2 Å². The Labute approximate surface area is 185 Å². The predicted molar refractivity (Wildman–Crippen MR) is 121 cm³/mol. The summed E-state index contributed by atoms with van der Waals surface area (Å²) >= 11 is 0. The number of carbonyl (C=O) groups is 1. The Kier molecular flexibility index (Phi) is 6.07. The normalized spacial score (nSPS) is 11.7. The first-order valence-corrected chi connectivity index (χ1v) is 10.1. The molecule has 2 heterocycles. The zero-order valence-corrected chi connectivity index (χ0v) is 17.8. The number of benzene rings is 2. The first-order valence-electron chi connectivity index (χ1n) is 10.1. The first-order chi connectivity index (χ1) is 15.5. The molecular formula is C23H23N7O2. The van der Waals surface area contributed by atoms with Crippen LogP contribution in [0.2, 0.25) is 0 Å². The number of rotatable bonds is 6. The smallest absolute Gasteiger partial charge is 0.321 e. The third-order valence-electron chi connectivity index (χ3n) is 5.27. The molecule has 0 radical (unpaired) electrons. The zero-order chi connectivity index (χ0) is 22.5. The molecule has 0 saturated heterocycles. The molecule has 1 N–H and O–H groups in total. The Bertz CT molecular complexity index is 1250. The molecule has 4 rings (SSSR count). The lowest BCUT2D eigenvalue weighted by Gasteiger charge is -2.26. The van der Waals surface area contributed by atoms with Crippen LogP contribution in [-0.2, 0) is 6.54 Å². The molecule has 0 aliphatic carbocycles. The van der Waals surface area contributed by atoms with Crippen LogP contribution in [0.1, 0.15) is 24.1 Å². The number of urea groups is 1. The van der Waals surface area contributed by atoms with Gasteiger partial charge in [-0.25, -0.2) is 24.2 Å². The van der Waals surface area contributed by atoms with Gasteiger partial charge in [-0.2, -0.15) is 5.10 Å². The van der Waals surface area contributed by atoms with Crippen molar-refractivity contribution in [3.8, 4) is 5.69 Å². The molecule has 0 bridgehead atoms. The van der Waals surface area contributed by atoms with Gasteiger partial charge in [0.05, 0.1) is 18.3 Å². The van der Waals surface area contributed by atoms with Crippen LogP contribution in [0.5, 0.6) is 0 Å². The summed E-state index contributed by atoms with van der Waals surface area (Å²) in [5.41, 5.74) is 3.12. The highest BCUT2D eigenvalue weighted by Crippen LogP contribution is 2.21. The molecular weight excluding hydrogens is 406 g/mol. The highest BCUT2D eigenvalue weighted by atomic mass is 16.2. The maximum atomic E-state index is 12.8. The fraction of sp³-hybridized carbons (Fsp3) is 0.174. The molecule has 162 valence electrons. The topological polar surface area (TPSA) is 97.9 Å². The quantitative estimate of drug-likeness (QED) is 0.508. The van der Waals surface area contributed by atoms with E-state index in [9.17, 15) is 9.59 Å². The van der Waals surface area contributed by atoms with Crippen LogP contribution in [0.15, 0.2) is 84.4 Å². The van der Waals surface area contributed by atoms with Gasteiger partial charge in [0, 0.05) is 25.1 Å². The summed E-state index contributed by atoms with van der Waals surface area (Å²) in [5.74, 6) is 0. The number of aromatic nitrogens is 5. The molecule has 1 atom stereocenters. The van der Waals surface area contributed by atoms with E-state index >= 15 is 0 Å². The maximum Gasteiger partial charge on any atom is 0.347 e. The standard InChI is InChI=1S/C23H23N7O2/c1-17(19-7-9-21(10-8-19)30-16-24-15-26-30)28(2)23(32)27-20-6-3-5-18(13-20)14-29-12-4-11-25-22(29)31/h3-13,15-17H,14H2,1-2H3,(H,27,32). The Balaban J connectivity index is 1.42. The summed E-state index contributed by atoms with van der Waals surface area (Å²) in [6.45, 7) is 2.34. The molecule has 2 aromatic heterocycles. The third kappa shape index (κ3) is 4.72. The number of amides is 2. The van der Waals surface area contributed by atoms with Crippen LogP contribution >= 0.6 is 0 Å². The fourth-order valence-corrected chi connectivity index (χ4v) is 3.31. The molecule has 0 aliphatic heterocycles. The van der Waals surface area contributed by atoms with E-state index in [1.54, 1.807) is 35.2 Å². The van der Waals surface area contributed by atoms with Crippen molar-refractivity contribution in [3.05, 3.63) is 101 Å². The van der Waals surface area contributed by atoms with Gasteiger partial charge < -0.3 is 10.2 Å². The number of hydrogen-bond acceptors (Lipinski definition) is 5. The van der Waals surface area contributed by atoms with Crippen LogP contribution in [0.3, 0.4) is 0 Å². The lowest BCUT2D eigenvalue weighted by Crippen LogP contribution is -2.33. The Hall–Kier alpha value is -4.27. The van der Waals surface area contributed by atoms with Crippen molar-refractivity contribution in [2.75, 3.05) is 12.4 Å². The second kappa shape index (κ2) is 9.25. The molecule has 0 aliphatic rings. The SMILES string of the molecule is CC(c1ccc(-n2cncn2)cc1)N(C)C(=O)Nc1cccc(Cn2cccnc2=O)c1. The van der Waals surface area contributed by atoms with Crippen molar-refractivity contribution < 1.29 is 4.79 Å². The molecule has 32 heavy (non-hydrogen) atoms. The number of nitrogens with zero attached hydrogens (tertiary/aromatic N) is 6. The second-order valence-corrected chi connectivity index (χ2v) is 7.38. The molecule has 9 heteroatoms. The highest BCUT2D eigenvalue weighted by molar-refractivity contribution is 5.89. The average molecular weight is 429 g/mol. The summed E-state index contributed by atoms with van der Waals surface area (Å²) < 4.78 is 3.19. The van der Waals surface area contributed by atoms with Gasteiger partial charge in [0.1, 0.15) is 12.7 Å². The number of anilines is 1. The maximum absolute atomic E-state index is 12.8. The van der Waals surface area contributed by atoms with E-state index < -0.39 is 0 Å². The Morgan fingerprint density at radius 3 is 2.69 bits per heavy atom. The van der Waals surface area contributed by atoms with Crippen molar-refractivity contribution in [1.29, 1.82) is 0 Å². The fourth-order valence-electron chi connectivity index (χ4n) is 3.31. The first kappa shape index (κ1) is 21.0. The van der Waals surface area contributed by atoms with E-state index in [0.717, 1.165) is 16.8 Å². The van der Waals surface area contributed by atoms with Crippen molar-refractivity contribution in [2.24, 2.45) is 0 Å². The molecule has 1 unspecified atom stereocenters. The monoisotopic (exact) mass is 429 g/mol. The van der Waals surface area contributed by atoms with Crippen LogP contribution in [0.25, 0.3) is 5.69 Å². The van der Waals surface area contributed by atoms with Gasteiger partial charge in [-0.3, -0.25) is 4.57 Å². The molecule has 0 fully saturated rings. The van der Waals surface area contributed by atoms with Crippen molar-refractivity contribution in [2.45, 2.75) is 19.5 Å². The van der Waals surface area contributed by atoms with Crippen LogP contribution < -0.4 is 11.0 Å². The number of nitrogens with one attached hydrogen (secondary N) is 1. The van der Waals surface area contributed by atoms with Gasteiger partial charge in [-0.05, 0) is 48.4 Å². The highest BCUT2D eigenvalue weighted by Gasteiger charge is 2.18. The molecule has 2 aromatic carbocycles. The van der Waals surface area contributed by atoms with Crippen LogP contribution in [-0.4, -0.2) is 42.3 Å².